The molecule has 23 heavy (non-hydrogen) atoms. The molecule has 0 aliphatic carbocycles. The summed E-state index contributed by atoms with van der Waals surface area (Å²) in [4.78, 5) is 0. The fourth-order valence-corrected chi connectivity index (χ4v) is 2.15. The van der Waals surface area contributed by atoms with Crippen LogP contribution in [0, 0.1) is 0 Å². The minimum atomic E-state index is 0.553. The van der Waals surface area contributed by atoms with Gasteiger partial charge in [-0.05, 0) is 43.3 Å². The lowest BCUT2D eigenvalue weighted by molar-refractivity contribution is 0.324. The van der Waals surface area contributed by atoms with Gasteiger partial charge in [-0.15, -0.1) is 0 Å². The summed E-state index contributed by atoms with van der Waals surface area (Å²) in [6.07, 6.45) is 0. The fraction of sp³-hybridized carbons (Fsp3) is 0.235. The zero-order chi connectivity index (χ0) is 16.8. The lowest BCUT2D eigenvalue weighted by atomic mass is 10.1. The molecule has 0 heterocycles. The topological polar surface area (TPSA) is 52.1 Å². The van der Waals surface area contributed by atoms with Gasteiger partial charge in [0, 0.05) is 10.6 Å². The van der Waals surface area contributed by atoms with E-state index in [-0.39, 0.29) is 0 Å². The number of benzene rings is 2. The lowest BCUT2D eigenvalue weighted by Crippen LogP contribution is -2.03. The van der Waals surface area contributed by atoms with Crippen LogP contribution in [0.2, 0.25) is 5.02 Å². The van der Waals surface area contributed by atoms with Crippen LogP contribution in [0.1, 0.15) is 12.5 Å². The lowest BCUT2D eigenvalue weighted by Gasteiger charge is -2.14. The Morgan fingerprint density at radius 2 is 1.52 bits per heavy atom. The molecule has 2 rings (SSSR count). The van der Waals surface area contributed by atoms with E-state index >= 15 is 0 Å². The van der Waals surface area contributed by atoms with Crippen molar-refractivity contribution in [3.63, 3.8) is 0 Å². The van der Waals surface area contributed by atoms with Crippen LogP contribution in [0.5, 0.6) is 17.2 Å². The predicted octanol–water partition coefficient (Wildman–Crippen LogP) is 4.20. The van der Waals surface area contributed by atoms with E-state index in [4.69, 9.17) is 25.8 Å². The molecule has 0 spiro atoms. The normalized spacial score (nSPS) is 11.1. The maximum atomic E-state index is 5.86. The average Bonchev–Trinajstić information content (AvgIpc) is 2.59. The molecule has 0 saturated carbocycles. The van der Waals surface area contributed by atoms with Crippen molar-refractivity contribution < 1.29 is 14.2 Å². The van der Waals surface area contributed by atoms with E-state index in [9.17, 15) is 0 Å². The first-order valence-electron chi connectivity index (χ1n) is 6.95. The number of rotatable bonds is 6. The minimum absolute atomic E-state index is 0.553. The van der Waals surface area contributed by atoms with Crippen molar-refractivity contribution in [1.29, 1.82) is 0 Å². The molecule has 0 bridgehead atoms. The van der Waals surface area contributed by atoms with E-state index in [1.807, 2.05) is 31.2 Å². The second-order valence-electron chi connectivity index (χ2n) is 4.73. The summed E-state index contributed by atoms with van der Waals surface area (Å²) in [7, 11) is 4.74. The van der Waals surface area contributed by atoms with Crippen molar-refractivity contribution in [2.24, 2.45) is 5.10 Å². The smallest absolute Gasteiger partial charge is 0.203 e. The van der Waals surface area contributed by atoms with E-state index < -0.39 is 0 Å². The third-order valence-corrected chi connectivity index (χ3v) is 3.53. The van der Waals surface area contributed by atoms with Gasteiger partial charge in [-0.2, -0.15) is 5.10 Å². The summed E-state index contributed by atoms with van der Waals surface area (Å²) in [5.74, 6) is 1.72. The SMILES string of the molecule is COc1cc(/C(C)=N\Nc2ccc(Cl)cc2)cc(OC)c1OC. The molecule has 0 radical (unpaired) electrons. The number of ether oxygens (including phenoxy) is 3. The summed E-state index contributed by atoms with van der Waals surface area (Å²) in [5, 5.41) is 5.05. The number of nitrogens with one attached hydrogen (secondary N) is 1. The Labute approximate surface area is 140 Å². The second kappa shape index (κ2) is 7.74. The van der Waals surface area contributed by atoms with Crippen LogP contribution in [0.15, 0.2) is 41.5 Å². The number of hydrogen-bond acceptors (Lipinski definition) is 5. The number of hydrogen-bond donors (Lipinski definition) is 1. The van der Waals surface area contributed by atoms with Gasteiger partial charge in [0.2, 0.25) is 5.75 Å². The van der Waals surface area contributed by atoms with Crippen LogP contribution < -0.4 is 19.6 Å². The Morgan fingerprint density at radius 1 is 0.957 bits per heavy atom. The Balaban J connectivity index is 2.29. The highest BCUT2D eigenvalue weighted by Crippen LogP contribution is 2.38. The number of methoxy groups -OCH3 is 3. The third kappa shape index (κ3) is 4.07. The molecule has 0 aliphatic rings. The molecule has 0 amide bonds. The molecule has 1 N–H and O–H groups in total. The first-order valence-corrected chi connectivity index (χ1v) is 7.33. The maximum Gasteiger partial charge on any atom is 0.203 e. The first-order chi connectivity index (χ1) is 11.1. The summed E-state index contributed by atoms with van der Waals surface area (Å²) in [6, 6.07) is 11.0. The molecular weight excluding hydrogens is 316 g/mol. The second-order valence-corrected chi connectivity index (χ2v) is 5.17. The Morgan fingerprint density at radius 3 is 2.00 bits per heavy atom. The fourth-order valence-electron chi connectivity index (χ4n) is 2.03. The Bertz CT molecular complexity index is 674. The van der Waals surface area contributed by atoms with E-state index in [2.05, 4.69) is 10.5 Å². The van der Waals surface area contributed by atoms with Crippen LogP contribution in [0.25, 0.3) is 0 Å². The van der Waals surface area contributed by atoms with E-state index in [0.29, 0.717) is 22.3 Å². The van der Waals surface area contributed by atoms with Crippen LogP contribution in [-0.2, 0) is 0 Å². The van der Waals surface area contributed by atoms with E-state index in [0.717, 1.165) is 17.0 Å². The highest BCUT2D eigenvalue weighted by atomic mass is 35.5. The Hall–Kier alpha value is -2.40. The van der Waals surface area contributed by atoms with Crippen LogP contribution in [0.3, 0.4) is 0 Å². The van der Waals surface area contributed by atoms with Gasteiger partial charge in [-0.1, -0.05) is 11.6 Å². The molecule has 0 atom stereocenters. The zero-order valence-corrected chi connectivity index (χ0v) is 14.3. The average molecular weight is 335 g/mol. The molecule has 2 aromatic rings. The maximum absolute atomic E-state index is 5.86. The summed E-state index contributed by atoms with van der Waals surface area (Å²) >= 11 is 5.86. The van der Waals surface area contributed by atoms with Gasteiger partial charge in [0.1, 0.15) is 0 Å². The van der Waals surface area contributed by atoms with Crippen molar-refractivity contribution in [3.8, 4) is 17.2 Å². The number of nitrogens with zero attached hydrogens (tertiary/aromatic N) is 1. The standard InChI is InChI=1S/C17H19ClN2O3/c1-11(19-20-14-7-5-13(18)6-8-14)12-9-15(21-2)17(23-4)16(10-12)22-3/h5-10,20H,1-4H3/b19-11-. The monoisotopic (exact) mass is 334 g/mol. The summed E-state index contributed by atoms with van der Waals surface area (Å²) in [6.45, 7) is 1.89. The molecule has 5 nitrogen and oxygen atoms in total. The molecule has 6 heteroatoms. The molecule has 2 aromatic carbocycles. The van der Waals surface area contributed by atoms with E-state index in [1.54, 1.807) is 33.5 Å². The minimum Gasteiger partial charge on any atom is -0.493 e. The van der Waals surface area contributed by atoms with Crippen molar-refractivity contribution >= 4 is 23.0 Å². The van der Waals surface area contributed by atoms with Gasteiger partial charge in [0.15, 0.2) is 11.5 Å². The molecular formula is C17H19ClN2O3. The van der Waals surface area contributed by atoms with Crippen LogP contribution in [-0.4, -0.2) is 27.0 Å². The zero-order valence-electron chi connectivity index (χ0n) is 13.5. The number of hydrazone groups is 1. The van der Waals surface area contributed by atoms with Gasteiger partial charge in [-0.25, -0.2) is 0 Å². The Kier molecular flexibility index (Phi) is 5.71. The molecule has 0 saturated heterocycles. The predicted molar refractivity (Wildman–Crippen MR) is 93.4 cm³/mol. The van der Waals surface area contributed by atoms with Gasteiger partial charge in [-0.3, -0.25) is 5.43 Å². The molecule has 0 aromatic heterocycles. The molecule has 122 valence electrons. The van der Waals surface area contributed by atoms with Gasteiger partial charge < -0.3 is 14.2 Å². The summed E-state index contributed by atoms with van der Waals surface area (Å²) < 4.78 is 16.0. The molecule has 0 aliphatic heterocycles. The highest BCUT2D eigenvalue weighted by molar-refractivity contribution is 6.30. The molecule has 0 fully saturated rings. The van der Waals surface area contributed by atoms with Crippen molar-refractivity contribution in [2.75, 3.05) is 26.8 Å². The number of anilines is 1. The van der Waals surface area contributed by atoms with Crippen LogP contribution in [0.4, 0.5) is 5.69 Å². The quantitative estimate of drug-likeness (QED) is 0.635. The van der Waals surface area contributed by atoms with Crippen molar-refractivity contribution in [1.82, 2.24) is 0 Å². The highest BCUT2D eigenvalue weighted by Gasteiger charge is 2.14. The molecule has 0 unspecified atom stereocenters. The van der Waals surface area contributed by atoms with Gasteiger partial charge >= 0.3 is 0 Å². The van der Waals surface area contributed by atoms with Crippen LogP contribution >= 0.6 is 11.6 Å². The largest absolute Gasteiger partial charge is 0.493 e. The summed E-state index contributed by atoms with van der Waals surface area (Å²) in [5.41, 5.74) is 5.48. The first kappa shape index (κ1) is 17.0. The van der Waals surface area contributed by atoms with Crippen molar-refractivity contribution in [2.45, 2.75) is 6.92 Å². The van der Waals surface area contributed by atoms with Crippen molar-refractivity contribution in [3.05, 3.63) is 47.0 Å². The van der Waals surface area contributed by atoms with Gasteiger partial charge in [0.05, 0.1) is 32.7 Å². The number of halogens is 1. The van der Waals surface area contributed by atoms with Gasteiger partial charge in [0.25, 0.3) is 0 Å². The van der Waals surface area contributed by atoms with E-state index in [1.165, 1.54) is 0 Å². The third-order valence-electron chi connectivity index (χ3n) is 3.28.